The van der Waals surface area contributed by atoms with E-state index >= 15 is 0 Å². The molecular formula is C21H22FN3O3S2. The van der Waals surface area contributed by atoms with Crippen molar-refractivity contribution in [1.82, 2.24) is 14.9 Å². The third-order valence-electron chi connectivity index (χ3n) is 5.55. The Hall–Kier alpha value is -2.23. The molecule has 0 saturated heterocycles. The molecule has 4 rings (SSSR count). The number of aromatic nitrogens is 2. The highest BCUT2D eigenvalue weighted by Gasteiger charge is 2.29. The van der Waals surface area contributed by atoms with Gasteiger partial charge in [0.05, 0.1) is 10.8 Å². The minimum Gasteiger partial charge on any atom is -0.391 e. The highest BCUT2D eigenvalue weighted by Crippen LogP contribution is 2.36. The zero-order valence-electron chi connectivity index (χ0n) is 16.8. The van der Waals surface area contributed by atoms with Gasteiger partial charge in [0.15, 0.2) is 0 Å². The number of aryl methyl sites for hydroxylation is 2. The summed E-state index contributed by atoms with van der Waals surface area (Å²) in [7, 11) is -0.970. The first-order valence-electron chi connectivity index (χ1n) is 9.60. The average molecular weight is 448 g/mol. The molecule has 3 unspecified atom stereocenters. The molecule has 0 saturated carbocycles. The summed E-state index contributed by atoms with van der Waals surface area (Å²) in [5, 5.41) is 6.25. The van der Waals surface area contributed by atoms with Gasteiger partial charge < -0.3 is 4.42 Å². The Morgan fingerprint density at radius 1 is 1.30 bits per heavy atom. The number of fused-ring (bicyclic) bond motifs is 1. The van der Waals surface area contributed by atoms with Gasteiger partial charge >= 0.3 is 5.76 Å². The first-order valence-corrected chi connectivity index (χ1v) is 11.7. The highest BCUT2D eigenvalue weighted by molar-refractivity contribution is 7.97. The molecule has 158 valence electrons. The number of nitrogens with one attached hydrogen (secondary N) is 2. The van der Waals surface area contributed by atoms with E-state index in [0.29, 0.717) is 11.3 Å². The molecule has 0 spiro atoms. The number of hydrogen-bond donors (Lipinski definition) is 2. The molecule has 2 heterocycles. The van der Waals surface area contributed by atoms with Gasteiger partial charge in [-0.05, 0) is 72.7 Å². The van der Waals surface area contributed by atoms with E-state index in [2.05, 4.69) is 14.9 Å². The molecule has 2 N–H and O–H groups in total. The molecular weight excluding hydrogens is 425 g/mol. The van der Waals surface area contributed by atoms with Crippen LogP contribution in [0.25, 0.3) is 0 Å². The van der Waals surface area contributed by atoms with Gasteiger partial charge in [-0.3, -0.25) is 4.21 Å². The number of nitrogens with zero attached hydrogens (tertiary/aromatic N) is 1. The first kappa shape index (κ1) is 21.0. The molecule has 9 heteroatoms. The zero-order chi connectivity index (χ0) is 21.4. The number of hydrogen-bond acceptors (Lipinski definition) is 6. The van der Waals surface area contributed by atoms with E-state index in [0.717, 1.165) is 32.9 Å². The number of H-pyrrole nitrogens is 1. The van der Waals surface area contributed by atoms with Gasteiger partial charge in [-0.1, -0.05) is 19.1 Å². The quantitative estimate of drug-likeness (QED) is 0.557. The lowest BCUT2D eigenvalue weighted by atomic mass is 9.88. The number of halogens is 1. The minimum atomic E-state index is -0.970. The lowest BCUT2D eigenvalue weighted by Crippen LogP contribution is -2.23. The minimum absolute atomic E-state index is 0.157. The molecule has 0 bridgehead atoms. The van der Waals surface area contributed by atoms with Crippen LogP contribution < -0.4 is 10.5 Å². The lowest BCUT2D eigenvalue weighted by molar-refractivity contribution is 0.384. The van der Waals surface area contributed by atoms with E-state index in [4.69, 9.17) is 4.42 Å². The number of rotatable bonds is 6. The first-order chi connectivity index (χ1) is 14.3. The van der Waals surface area contributed by atoms with Crippen LogP contribution in [0.4, 0.5) is 4.39 Å². The summed E-state index contributed by atoms with van der Waals surface area (Å²) in [6.45, 7) is 5.68. The summed E-state index contributed by atoms with van der Waals surface area (Å²) in [4.78, 5) is 13.3. The second-order valence-corrected chi connectivity index (χ2v) is 9.86. The highest BCUT2D eigenvalue weighted by atomic mass is 32.2. The van der Waals surface area contributed by atoms with Crippen molar-refractivity contribution < 1.29 is 13.0 Å². The van der Waals surface area contributed by atoms with Crippen molar-refractivity contribution in [3.8, 4) is 0 Å². The van der Waals surface area contributed by atoms with E-state index < -0.39 is 22.6 Å². The molecule has 30 heavy (non-hydrogen) atoms. The molecule has 1 aromatic heterocycles. The lowest BCUT2D eigenvalue weighted by Gasteiger charge is -2.24. The van der Waals surface area contributed by atoms with Crippen molar-refractivity contribution in [3.05, 3.63) is 74.8 Å². The summed E-state index contributed by atoms with van der Waals surface area (Å²) in [6.07, 6.45) is 0.824. The molecule has 0 aliphatic carbocycles. The average Bonchev–Trinajstić information content (AvgIpc) is 3.31. The maximum Gasteiger partial charge on any atom is 0.434 e. The van der Waals surface area contributed by atoms with Crippen molar-refractivity contribution in [2.24, 2.45) is 0 Å². The predicted octanol–water partition coefficient (Wildman–Crippen LogP) is 3.92. The normalized spacial score (nSPS) is 17.7. The summed E-state index contributed by atoms with van der Waals surface area (Å²) in [5.41, 5.74) is 3.49. The summed E-state index contributed by atoms with van der Waals surface area (Å²) < 4.78 is 35.4. The summed E-state index contributed by atoms with van der Waals surface area (Å²) in [5.74, 6) is -0.532. The molecule has 2 aromatic carbocycles. The Balaban J connectivity index is 1.65. The predicted molar refractivity (Wildman–Crippen MR) is 115 cm³/mol. The maximum absolute atomic E-state index is 14.7. The summed E-state index contributed by atoms with van der Waals surface area (Å²) >= 11 is 1.32. The van der Waals surface area contributed by atoms with Gasteiger partial charge in [0.2, 0.25) is 5.89 Å². The smallest absolute Gasteiger partial charge is 0.391 e. The maximum atomic E-state index is 14.7. The SMILES string of the molecule is Cc1ccc(F)c(C(C)C(NSc2ccc3c(c2)S(=O)CC3)c2n[nH]c(=O)o2)c1C. The summed E-state index contributed by atoms with van der Waals surface area (Å²) in [6, 6.07) is 8.49. The van der Waals surface area contributed by atoms with Gasteiger partial charge in [0.1, 0.15) is 11.9 Å². The standard InChI is InChI=1S/C21H22FN3O3S2/c1-11-4-7-16(22)18(12(11)2)13(3)19(20-23-24-21(26)28-20)25-29-15-6-5-14-8-9-30(27)17(14)10-15/h4-7,10,13,19,25H,8-9H2,1-3H3,(H,24,26). The molecule has 3 atom stereocenters. The number of benzene rings is 2. The second kappa shape index (κ2) is 8.49. The van der Waals surface area contributed by atoms with Crippen LogP contribution in [0.5, 0.6) is 0 Å². The fourth-order valence-corrected chi connectivity index (χ4v) is 6.03. The van der Waals surface area contributed by atoms with Gasteiger partial charge in [-0.15, -0.1) is 5.10 Å². The van der Waals surface area contributed by atoms with Crippen LogP contribution in [0.3, 0.4) is 0 Å². The van der Waals surface area contributed by atoms with Crippen LogP contribution in [-0.2, 0) is 17.2 Å². The molecule has 6 nitrogen and oxygen atoms in total. The Labute approximate surface area is 180 Å². The Morgan fingerprint density at radius 2 is 2.10 bits per heavy atom. The zero-order valence-corrected chi connectivity index (χ0v) is 18.5. The van der Waals surface area contributed by atoms with Crippen LogP contribution in [0.15, 0.2) is 49.3 Å². The molecule has 3 aromatic rings. The monoisotopic (exact) mass is 447 g/mol. The van der Waals surface area contributed by atoms with Gasteiger partial charge in [-0.2, -0.15) is 0 Å². The molecule has 1 aliphatic rings. The second-order valence-electron chi connectivity index (χ2n) is 7.41. The van der Waals surface area contributed by atoms with Gasteiger partial charge in [0, 0.05) is 21.5 Å². The van der Waals surface area contributed by atoms with E-state index in [1.54, 1.807) is 6.07 Å². The number of aromatic amines is 1. The third kappa shape index (κ3) is 4.01. The van der Waals surface area contributed by atoms with Crippen LogP contribution in [0.1, 0.15) is 47.0 Å². The van der Waals surface area contributed by atoms with Crippen LogP contribution in [-0.4, -0.2) is 20.2 Å². The largest absolute Gasteiger partial charge is 0.434 e. The van der Waals surface area contributed by atoms with E-state index in [-0.39, 0.29) is 17.6 Å². The fourth-order valence-electron chi connectivity index (χ4n) is 3.73. The third-order valence-corrected chi connectivity index (χ3v) is 7.86. The van der Waals surface area contributed by atoms with Crippen molar-refractivity contribution in [2.45, 2.75) is 48.9 Å². The van der Waals surface area contributed by atoms with Crippen molar-refractivity contribution in [2.75, 3.05) is 5.75 Å². The molecule has 0 amide bonds. The van der Waals surface area contributed by atoms with Crippen molar-refractivity contribution in [3.63, 3.8) is 0 Å². The molecule has 0 radical (unpaired) electrons. The van der Waals surface area contributed by atoms with Crippen molar-refractivity contribution >= 4 is 22.7 Å². The fraction of sp³-hybridized carbons (Fsp3) is 0.333. The Kier molecular flexibility index (Phi) is 5.95. The van der Waals surface area contributed by atoms with E-state index in [1.165, 1.54) is 18.0 Å². The Bertz CT molecular complexity index is 1170. The van der Waals surface area contributed by atoms with Gasteiger partial charge in [0.25, 0.3) is 0 Å². The van der Waals surface area contributed by atoms with Crippen LogP contribution in [0.2, 0.25) is 0 Å². The van der Waals surface area contributed by atoms with E-state index in [1.807, 2.05) is 39.0 Å². The van der Waals surface area contributed by atoms with E-state index in [9.17, 15) is 13.4 Å². The topological polar surface area (TPSA) is 88.0 Å². The van der Waals surface area contributed by atoms with Crippen molar-refractivity contribution in [1.29, 1.82) is 0 Å². The Morgan fingerprint density at radius 3 is 2.83 bits per heavy atom. The molecule has 1 aliphatic heterocycles. The molecule has 0 fully saturated rings. The van der Waals surface area contributed by atoms with Crippen LogP contribution >= 0.6 is 11.9 Å². The van der Waals surface area contributed by atoms with Crippen LogP contribution in [0, 0.1) is 19.7 Å². The van der Waals surface area contributed by atoms with Gasteiger partial charge in [-0.25, -0.2) is 19.0 Å².